The Balaban J connectivity index is 2.62. The third kappa shape index (κ3) is 1.61. The first-order valence-corrected chi connectivity index (χ1v) is 4.53. The Morgan fingerprint density at radius 1 is 1.33 bits per heavy atom. The van der Waals surface area contributed by atoms with Crippen molar-refractivity contribution in [3.8, 4) is 5.69 Å². The van der Waals surface area contributed by atoms with Crippen LogP contribution in [0.15, 0.2) is 36.5 Å². The van der Waals surface area contributed by atoms with Crippen LogP contribution in [0, 0.1) is 6.92 Å². The number of nitrogens with zero attached hydrogens (tertiary/aromatic N) is 2. The Bertz CT molecular complexity index is 489. The number of hydrogen-bond acceptors (Lipinski definition) is 2. The second-order valence-electron chi connectivity index (χ2n) is 3.20. The van der Waals surface area contributed by atoms with Gasteiger partial charge in [-0.3, -0.25) is 4.57 Å². The van der Waals surface area contributed by atoms with Gasteiger partial charge in [0.2, 0.25) is 5.82 Å². The minimum Gasteiger partial charge on any atom is -0.475 e. The van der Waals surface area contributed by atoms with Crippen molar-refractivity contribution in [2.45, 2.75) is 6.92 Å². The fourth-order valence-corrected chi connectivity index (χ4v) is 1.49. The summed E-state index contributed by atoms with van der Waals surface area (Å²) in [6.07, 6.45) is 1.55. The fourth-order valence-electron chi connectivity index (χ4n) is 1.49. The van der Waals surface area contributed by atoms with Crippen molar-refractivity contribution in [3.05, 3.63) is 48.0 Å². The largest absolute Gasteiger partial charge is 0.475 e. The summed E-state index contributed by atoms with van der Waals surface area (Å²) < 4.78 is 1.61. The van der Waals surface area contributed by atoms with Crippen molar-refractivity contribution in [1.29, 1.82) is 0 Å². The number of carboxylic acids is 1. The molecular formula is C11H10N2O2. The maximum Gasteiger partial charge on any atom is 0.372 e. The van der Waals surface area contributed by atoms with Crippen LogP contribution in [0.1, 0.15) is 16.3 Å². The average Bonchev–Trinajstić information content (AvgIpc) is 2.61. The molecule has 0 spiro atoms. The zero-order valence-electron chi connectivity index (χ0n) is 8.21. The monoisotopic (exact) mass is 202 g/mol. The number of imidazole rings is 1. The Morgan fingerprint density at radius 3 is 2.60 bits per heavy atom. The molecule has 0 bridgehead atoms. The van der Waals surface area contributed by atoms with E-state index in [4.69, 9.17) is 5.11 Å². The number of carboxylic acid groups (broad SMARTS) is 1. The third-order valence-corrected chi connectivity index (χ3v) is 2.14. The lowest BCUT2D eigenvalue weighted by atomic mass is 10.3. The molecule has 1 N–H and O–H groups in total. The van der Waals surface area contributed by atoms with Gasteiger partial charge in [0.25, 0.3) is 0 Å². The Kier molecular flexibility index (Phi) is 2.25. The van der Waals surface area contributed by atoms with E-state index in [-0.39, 0.29) is 5.82 Å². The second kappa shape index (κ2) is 3.57. The Morgan fingerprint density at radius 2 is 2.00 bits per heavy atom. The van der Waals surface area contributed by atoms with E-state index in [0.717, 1.165) is 11.4 Å². The number of para-hydroxylation sites is 1. The first-order valence-electron chi connectivity index (χ1n) is 4.53. The van der Waals surface area contributed by atoms with E-state index in [0.29, 0.717) is 0 Å². The van der Waals surface area contributed by atoms with E-state index < -0.39 is 5.97 Å². The maximum absolute atomic E-state index is 10.9. The smallest absolute Gasteiger partial charge is 0.372 e. The van der Waals surface area contributed by atoms with Gasteiger partial charge in [0, 0.05) is 17.6 Å². The van der Waals surface area contributed by atoms with Gasteiger partial charge in [0.05, 0.1) is 0 Å². The Labute approximate surface area is 86.8 Å². The van der Waals surface area contributed by atoms with Gasteiger partial charge in [0.1, 0.15) is 0 Å². The predicted octanol–water partition coefficient (Wildman–Crippen LogP) is 1.88. The summed E-state index contributed by atoms with van der Waals surface area (Å²) in [5, 5.41) is 8.96. The van der Waals surface area contributed by atoms with Gasteiger partial charge < -0.3 is 5.11 Å². The standard InChI is InChI=1S/C11H10N2O2/c1-8-7-12-10(11(14)15)13(8)9-5-3-2-4-6-9/h2-7H,1H3,(H,14,15). The third-order valence-electron chi connectivity index (χ3n) is 2.14. The van der Waals surface area contributed by atoms with Crippen molar-refractivity contribution in [2.24, 2.45) is 0 Å². The van der Waals surface area contributed by atoms with E-state index in [2.05, 4.69) is 4.98 Å². The molecule has 15 heavy (non-hydrogen) atoms. The number of aromatic nitrogens is 2. The van der Waals surface area contributed by atoms with Crippen LogP contribution in [0.5, 0.6) is 0 Å². The topological polar surface area (TPSA) is 55.1 Å². The minimum atomic E-state index is -1.02. The van der Waals surface area contributed by atoms with Crippen LogP contribution in [-0.2, 0) is 0 Å². The van der Waals surface area contributed by atoms with E-state index >= 15 is 0 Å². The van der Waals surface area contributed by atoms with Crippen molar-refractivity contribution in [3.63, 3.8) is 0 Å². The van der Waals surface area contributed by atoms with Crippen molar-refractivity contribution in [1.82, 2.24) is 9.55 Å². The van der Waals surface area contributed by atoms with E-state index in [1.54, 1.807) is 10.8 Å². The summed E-state index contributed by atoms with van der Waals surface area (Å²) in [5.41, 5.74) is 1.61. The number of hydrogen-bond donors (Lipinski definition) is 1. The van der Waals surface area contributed by atoms with Crippen molar-refractivity contribution >= 4 is 5.97 Å². The number of rotatable bonds is 2. The number of aromatic carboxylic acids is 1. The molecule has 0 aliphatic carbocycles. The quantitative estimate of drug-likeness (QED) is 0.808. The molecule has 1 heterocycles. The lowest BCUT2D eigenvalue weighted by Gasteiger charge is -2.06. The van der Waals surface area contributed by atoms with E-state index in [1.807, 2.05) is 37.3 Å². The summed E-state index contributed by atoms with van der Waals surface area (Å²) in [6, 6.07) is 9.30. The lowest BCUT2D eigenvalue weighted by molar-refractivity contribution is 0.0681. The highest BCUT2D eigenvalue weighted by molar-refractivity contribution is 5.84. The van der Waals surface area contributed by atoms with Crippen LogP contribution in [0.4, 0.5) is 0 Å². The van der Waals surface area contributed by atoms with Gasteiger partial charge in [-0.1, -0.05) is 18.2 Å². The predicted molar refractivity (Wildman–Crippen MR) is 55.3 cm³/mol. The Hall–Kier alpha value is -2.10. The van der Waals surface area contributed by atoms with Crippen LogP contribution in [0.25, 0.3) is 5.69 Å². The molecule has 0 atom stereocenters. The van der Waals surface area contributed by atoms with Gasteiger partial charge >= 0.3 is 5.97 Å². The van der Waals surface area contributed by atoms with Crippen LogP contribution < -0.4 is 0 Å². The maximum atomic E-state index is 10.9. The summed E-state index contributed by atoms with van der Waals surface area (Å²) in [7, 11) is 0. The summed E-state index contributed by atoms with van der Waals surface area (Å²) >= 11 is 0. The molecular weight excluding hydrogens is 192 g/mol. The zero-order valence-corrected chi connectivity index (χ0v) is 8.21. The summed E-state index contributed by atoms with van der Waals surface area (Å²) in [6.45, 7) is 1.83. The highest BCUT2D eigenvalue weighted by Gasteiger charge is 2.14. The highest BCUT2D eigenvalue weighted by atomic mass is 16.4. The van der Waals surface area contributed by atoms with Crippen LogP contribution in [-0.4, -0.2) is 20.6 Å². The van der Waals surface area contributed by atoms with Gasteiger partial charge in [-0.2, -0.15) is 0 Å². The van der Waals surface area contributed by atoms with Crippen molar-refractivity contribution < 1.29 is 9.90 Å². The number of carbonyl (C=O) groups is 1. The molecule has 0 aliphatic heterocycles. The lowest BCUT2D eigenvalue weighted by Crippen LogP contribution is -2.08. The van der Waals surface area contributed by atoms with Crippen LogP contribution in [0.2, 0.25) is 0 Å². The molecule has 0 radical (unpaired) electrons. The molecule has 0 saturated carbocycles. The molecule has 1 aromatic carbocycles. The molecule has 0 unspecified atom stereocenters. The minimum absolute atomic E-state index is 0.0405. The molecule has 2 aromatic rings. The van der Waals surface area contributed by atoms with Gasteiger partial charge in [-0.05, 0) is 19.1 Å². The second-order valence-corrected chi connectivity index (χ2v) is 3.20. The normalized spacial score (nSPS) is 10.2. The molecule has 4 heteroatoms. The first kappa shape index (κ1) is 9.45. The highest BCUT2D eigenvalue weighted by Crippen LogP contribution is 2.13. The molecule has 4 nitrogen and oxygen atoms in total. The van der Waals surface area contributed by atoms with Crippen LogP contribution >= 0.6 is 0 Å². The molecule has 76 valence electrons. The average molecular weight is 202 g/mol. The van der Waals surface area contributed by atoms with Gasteiger partial charge in [-0.25, -0.2) is 9.78 Å². The fraction of sp³-hybridized carbons (Fsp3) is 0.0909. The first-order chi connectivity index (χ1) is 7.20. The molecule has 0 aliphatic rings. The SMILES string of the molecule is Cc1cnc(C(=O)O)n1-c1ccccc1. The molecule has 0 fully saturated rings. The van der Waals surface area contributed by atoms with E-state index in [9.17, 15) is 4.79 Å². The molecule has 0 saturated heterocycles. The number of aryl methyl sites for hydroxylation is 1. The van der Waals surface area contributed by atoms with E-state index in [1.165, 1.54) is 0 Å². The summed E-state index contributed by atoms with van der Waals surface area (Å²) in [4.78, 5) is 14.8. The molecule has 2 rings (SSSR count). The van der Waals surface area contributed by atoms with Crippen LogP contribution in [0.3, 0.4) is 0 Å². The van der Waals surface area contributed by atoms with Gasteiger partial charge in [0.15, 0.2) is 0 Å². The van der Waals surface area contributed by atoms with Crippen molar-refractivity contribution in [2.75, 3.05) is 0 Å². The van der Waals surface area contributed by atoms with Gasteiger partial charge in [-0.15, -0.1) is 0 Å². The molecule has 1 aromatic heterocycles. The zero-order chi connectivity index (χ0) is 10.8. The number of benzene rings is 1. The molecule has 0 amide bonds. The summed E-state index contributed by atoms with van der Waals surface area (Å²) in [5.74, 6) is -0.981.